The van der Waals surface area contributed by atoms with Gasteiger partial charge in [0, 0.05) is 21.7 Å². The summed E-state index contributed by atoms with van der Waals surface area (Å²) >= 11 is 5.78. The van der Waals surface area contributed by atoms with Crippen molar-refractivity contribution in [3.05, 3.63) is 28.8 Å². The Kier molecular flexibility index (Phi) is 1.94. The molecule has 2 atom stereocenters. The Bertz CT molecular complexity index is 353. The van der Waals surface area contributed by atoms with Gasteiger partial charge in [-0.25, -0.2) is 0 Å². The minimum Gasteiger partial charge on any atom is -0.323 e. The van der Waals surface area contributed by atoms with Gasteiger partial charge in [-0.1, -0.05) is 11.6 Å². The first-order valence-electron chi connectivity index (χ1n) is 3.62. The molecular weight excluding hydrogens is 194 g/mol. The molecule has 2 rings (SSSR count). The van der Waals surface area contributed by atoms with Crippen LogP contribution in [0.15, 0.2) is 23.1 Å². The molecule has 0 fully saturated rings. The third-order valence-electron chi connectivity index (χ3n) is 1.95. The number of hydrogen-bond donors (Lipinski definition) is 1. The zero-order chi connectivity index (χ0) is 8.72. The maximum absolute atomic E-state index is 11.4. The Hall–Kier alpha value is -0.380. The van der Waals surface area contributed by atoms with Crippen LogP contribution in [0.2, 0.25) is 5.02 Å². The highest BCUT2D eigenvalue weighted by atomic mass is 35.5. The van der Waals surface area contributed by atoms with E-state index in [1.54, 1.807) is 18.2 Å². The molecule has 1 heterocycles. The van der Waals surface area contributed by atoms with E-state index in [1.165, 1.54) is 0 Å². The largest absolute Gasteiger partial charge is 0.323 e. The maximum atomic E-state index is 11.4. The Labute approximate surface area is 78.2 Å². The minimum absolute atomic E-state index is 0.112. The average molecular weight is 202 g/mol. The molecule has 0 aromatic heterocycles. The van der Waals surface area contributed by atoms with Crippen LogP contribution < -0.4 is 5.73 Å². The predicted octanol–water partition coefficient (Wildman–Crippen LogP) is 1.46. The maximum Gasteiger partial charge on any atom is 0.0552 e. The van der Waals surface area contributed by atoms with Crippen molar-refractivity contribution in [1.82, 2.24) is 0 Å². The molecule has 1 aromatic rings. The first-order chi connectivity index (χ1) is 5.68. The number of nitrogens with two attached hydrogens (primary N) is 1. The quantitative estimate of drug-likeness (QED) is 0.691. The van der Waals surface area contributed by atoms with Crippen LogP contribution in [0.1, 0.15) is 11.6 Å². The summed E-state index contributed by atoms with van der Waals surface area (Å²) in [5.41, 5.74) is 6.69. The molecule has 2 N–H and O–H groups in total. The van der Waals surface area contributed by atoms with Gasteiger partial charge in [-0.15, -0.1) is 0 Å². The highest BCUT2D eigenvalue weighted by Gasteiger charge is 2.25. The van der Waals surface area contributed by atoms with Crippen LogP contribution in [0.5, 0.6) is 0 Å². The summed E-state index contributed by atoms with van der Waals surface area (Å²) in [7, 11) is -0.920. The fourth-order valence-electron chi connectivity index (χ4n) is 1.36. The molecular formula is C8H8ClNOS. The van der Waals surface area contributed by atoms with Gasteiger partial charge < -0.3 is 5.73 Å². The second-order valence-corrected chi connectivity index (χ2v) is 4.70. The molecule has 0 bridgehead atoms. The van der Waals surface area contributed by atoms with Crippen molar-refractivity contribution in [1.29, 1.82) is 0 Å². The molecule has 0 amide bonds. The molecule has 0 spiro atoms. The number of halogens is 1. The van der Waals surface area contributed by atoms with E-state index >= 15 is 0 Å². The predicted molar refractivity (Wildman–Crippen MR) is 49.7 cm³/mol. The van der Waals surface area contributed by atoms with Crippen LogP contribution in [0.4, 0.5) is 0 Å². The summed E-state index contributed by atoms with van der Waals surface area (Å²) in [6.45, 7) is 0. The molecule has 1 aromatic carbocycles. The number of rotatable bonds is 0. The van der Waals surface area contributed by atoms with Crippen LogP contribution >= 0.6 is 11.6 Å². The van der Waals surface area contributed by atoms with Gasteiger partial charge in [0.25, 0.3) is 0 Å². The number of hydrogen-bond acceptors (Lipinski definition) is 2. The van der Waals surface area contributed by atoms with Crippen LogP contribution in [-0.4, -0.2) is 9.96 Å². The van der Waals surface area contributed by atoms with Crippen LogP contribution in [0.25, 0.3) is 0 Å². The molecule has 0 saturated heterocycles. The standard InChI is InChI=1S/C8H8ClNOS/c9-5-1-2-8-6(3-5)7(10)4-12(8)11/h1-3,7H,4,10H2. The molecule has 64 valence electrons. The van der Waals surface area contributed by atoms with E-state index in [1.807, 2.05) is 0 Å². The lowest BCUT2D eigenvalue weighted by molar-refractivity contribution is 0.683. The summed E-state index contributed by atoms with van der Waals surface area (Å²) in [5.74, 6) is 0.523. The SMILES string of the molecule is NC1CS(=O)c2ccc(Cl)cc21. The van der Waals surface area contributed by atoms with E-state index in [4.69, 9.17) is 17.3 Å². The first kappa shape index (κ1) is 8.23. The van der Waals surface area contributed by atoms with E-state index in [-0.39, 0.29) is 6.04 Å². The third kappa shape index (κ3) is 1.18. The third-order valence-corrected chi connectivity index (χ3v) is 3.71. The van der Waals surface area contributed by atoms with Crippen molar-refractivity contribution < 1.29 is 4.21 Å². The monoisotopic (exact) mass is 201 g/mol. The summed E-state index contributed by atoms with van der Waals surface area (Å²) in [6, 6.07) is 5.23. The second kappa shape index (κ2) is 2.83. The van der Waals surface area contributed by atoms with Gasteiger partial charge in [-0.3, -0.25) is 4.21 Å². The van der Waals surface area contributed by atoms with Crippen molar-refractivity contribution in [3.8, 4) is 0 Å². The van der Waals surface area contributed by atoms with Gasteiger partial charge in [-0.05, 0) is 23.8 Å². The van der Waals surface area contributed by atoms with Crippen molar-refractivity contribution in [2.45, 2.75) is 10.9 Å². The summed E-state index contributed by atoms with van der Waals surface area (Å²) in [4.78, 5) is 0.840. The second-order valence-electron chi connectivity index (χ2n) is 2.80. The van der Waals surface area contributed by atoms with Crippen LogP contribution in [0.3, 0.4) is 0 Å². The normalized spacial score (nSPS) is 27.2. The Morgan fingerprint density at radius 2 is 2.33 bits per heavy atom. The smallest absolute Gasteiger partial charge is 0.0552 e. The van der Waals surface area contributed by atoms with Crippen LogP contribution in [0, 0.1) is 0 Å². The molecule has 4 heteroatoms. The lowest BCUT2D eigenvalue weighted by atomic mass is 10.1. The zero-order valence-electron chi connectivity index (χ0n) is 6.29. The summed E-state index contributed by atoms with van der Waals surface area (Å²) < 4.78 is 11.4. The lowest BCUT2D eigenvalue weighted by Crippen LogP contribution is -2.09. The van der Waals surface area contributed by atoms with Gasteiger partial charge in [-0.2, -0.15) is 0 Å². The molecule has 1 aliphatic heterocycles. The lowest BCUT2D eigenvalue weighted by Gasteiger charge is -2.01. The molecule has 0 radical (unpaired) electrons. The Morgan fingerprint density at radius 1 is 1.58 bits per heavy atom. The van der Waals surface area contributed by atoms with Crippen molar-refractivity contribution in [2.24, 2.45) is 5.73 Å². The van der Waals surface area contributed by atoms with Crippen LogP contribution in [-0.2, 0) is 10.8 Å². The van der Waals surface area contributed by atoms with Crippen molar-refractivity contribution >= 4 is 22.4 Å². The number of benzene rings is 1. The Morgan fingerprint density at radius 3 is 3.08 bits per heavy atom. The molecule has 2 nitrogen and oxygen atoms in total. The fourth-order valence-corrected chi connectivity index (χ4v) is 2.92. The first-order valence-corrected chi connectivity index (χ1v) is 5.31. The highest BCUT2D eigenvalue weighted by molar-refractivity contribution is 7.85. The fraction of sp³-hybridized carbons (Fsp3) is 0.250. The van der Waals surface area contributed by atoms with E-state index in [2.05, 4.69) is 0 Å². The van der Waals surface area contributed by atoms with Gasteiger partial charge in [0.1, 0.15) is 0 Å². The Balaban J connectivity index is 2.60. The summed E-state index contributed by atoms with van der Waals surface area (Å²) in [6.07, 6.45) is 0. The van der Waals surface area contributed by atoms with E-state index in [9.17, 15) is 4.21 Å². The van der Waals surface area contributed by atoms with Gasteiger partial charge in [0.2, 0.25) is 0 Å². The average Bonchev–Trinajstić information content (AvgIpc) is 2.28. The van der Waals surface area contributed by atoms with E-state index in [0.29, 0.717) is 10.8 Å². The van der Waals surface area contributed by atoms with Gasteiger partial charge in [0.15, 0.2) is 0 Å². The van der Waals surface area contributed by atoms with Crippen molar-refractivity contribution in [2.75, 3.05) is 5.75 Å². The van der Waals surface area contributed by atoms with Gasteiger partial charge in [0.05, 0.1) is 10.8 Å². The highest BCUT2D eigenvalue weighted by Crippen LogP contribution is 2.30. The van der Waals surface area contributed by atoms with E-state index < -0.39 is 10.8 Å². The molecule has 1 aliphatic rings. The van der Waals surface area contributed by atoms with E-state index in [0.717, 1.165) is 10.5 Å². The van der Waals surface area contributed by atoms with Crippen molar-refractivity contribution in [3.63, 3.8) is 0 Å². The molecule has 2 unspecified atom stereocenters. The molecule has 12 heavy (non-hydrogen) atoms. The van der Waals surface area contributed by atoms with Gasteiger partial charge >= 0.3 is 0 Å². The number of fused-ring (bicyclic) bond motifs is 1. The topological polar surface area (TPSA) is 43.1 Å². The molecule has 0 aliphatic carbocycles. The minimum atomic E-state index is -0.920. The zero-order valence-corrected chi connectivity index (χ0v) is 7.86. The summed E-state index contributed by atoms with van der Waals surface area (Å²) in [5, 5.41) is 0.656. The molecule has 0 saturated carbocycles.